The average molecular weight is 236 g/mol. The first-order valence-electron chi connectivity index (χ1n) is 4.69. The van der Waals surface area contributed by atoms with Crippen molar-refractivity contribution in [1.29, 1.82) is 0 Å². The molecular weight excluding hydrogens is 220 g/mol. The number of hydrogen-bond donors (Lipinski definition) is 4. The molecule has 7 heteroatoms. The van der Waals surface area contributed by atoms with Crippen molar-refractivity contribution >= 4 is 12.3 Å². The smallest absolute Gasteiger partial charge is 0.332 e. The van der Waals surface area contributed by atoms with Gasteiger partial charge < -0.3 is 30.0 Å². The van der Waals surface area contributed by atoms with E-state index in [-0.39, 0.29) is 6.29 Å². The van der Waals surface area contributed by atoms with E-state index in [1.807, 2.05) is 0 Å². The number of ether oxygens (including phenoxy) is 1. The van der Waals surface area contributed by atoms with Crippen LogP contribution in [-0.2, 0) is 14.3 Å². The highest BCUT2D eigenvalue weighted by Gasteiger charge is 2.33. The van der Waals surface area contributed by atoms with Crippen LogP contribution in [0.4, 0.5) is 0 Å². The van der Waals surface area contributed by atoms with E-state index in [0.29, 0.717) is 0 Å². The topological polar surface area (TPSA) is 124 Å². The molecule has 1 unspecified atom stereocenters. The highest BCUT2D eigenvalue weighted by Crippen LogP contribution is 2.11. The summed E-state index contributed by atoms with van der Waals surface area (Å²) in [5, 5.41) is 36.3. The van der Waals surface area contributed by atoms with Crippen molar-refractivity contribution in [3.05, 3.63) is 0 Å². The van der Waals surface area contributed by atoms with Crippen LogP contribution in [0.2, 0.25) is 0 Å². The van der Waals surface area contributed by atoms with Crippen LogP contribution in [0.3, 0.4) is 0 Å². The number of aliphatic hydroxyl groups is 3. The molecule has 7 nitrogen and oxygen atoms in total. The molecule has 0 aromatic carbocycles. The van der Waals surface area contributed by atoms with Crippen LogP contribution in [0.25, 0.3) is 0 Å². The summed E-state index contributed by atoms with van der Waals surface area (Å²) in [7, 11) is 0. The lowest BCUT2D eigenvalue weighted by Gasteiger charge is -2.28. The fraction of sp³-hybridized carbons (Fsp3) is 0.778. The summed E-state index contributed by atoms with van der Waals surface area (Å²) in [5.74, 6) is -1.28. The summed E-state index contributed by atoms with van der Waals surface area (Å²) in [4.78, 5) is 20.7. The Hall–Kier alpha value is -1.02. The minimum atomic E-state index is -1.74. The zero-order valence-electron chi connectivity index (χ0n) is 8.98. The van der Waals surface area contributed by atoms with Gasteiger partial charge in [0.1, 0.15) is 18.3 Å². The molecule has 4 N–H and O–H groups in total. The highest BCUT2D eigenvalue weighted by molar-refractivity contribution is 5.71. The highest BCUT2D eigenvalue weighted by atomic mass is 16.5. The molecule has 0 fully saturated rings. The average Bonchev–Trinajstić information content (AvgIpc) is 2.22. The van der Waals surface area contributed by atoms with Gasteiger partial charge in [-0.1, -0.05) is 0 Å². The molecule has 0 bridgehead atoms. The first-order valence-corrected chi connectivity index (χ1v) is 4.69. The Morgan fingerprint density at radius 1 is 1.25 bits per heavy atom. The van der Waals surface area contributed by atoms with Gasteiger partial charge in [-0.05, 0) is 13.8 Å². The van der Waals surface area contributed by atoms with Gasteiger partial charge in [0.05, 0.1) is 6.10 Å². The molecule has 94 valence electrons. The van der Waals surface area contributed by atoms with E-state index in [0.717, 1.165) is 0 Å². The van der Waals surface area contributed by atoms with Crippen molar-refractivity contribution in [2.75, 3.05) is 0 Å². The number of carbonyl (C=O) groups excluding carboxylic acids is 1. The molecule has 0 spiro atoms. The number of aliphatic hydroxyl groups excluding tert-OH is 3. The lowest BCUT2D eigenvalue weighted by molar-refractivity contribution is -0.174. The SMILES string of the molecule is CC(O[C@@H]([C@H](O)[C@H](O)C=O)[C@@H](C)O)C(=O)O. The third-order valence-corrected chi connectivity index (χ3v) is 2.01. The summed E-state index contributed by atoms with van der Waals surface area (Å²) < 4.78 is 4.84. The Balaban J connectivity index is 4.61. The second-order valence-corrected chi connectivity index (χ2v) is 3.44. The molecular formula is C9H16O7. The third kappa shape index (κ3) is 4.23. The van der Waals surface area contributed by atoms with Crippen molar-refractivity contribution in [2.45, 2.75) is 44.4 Å². The van der Waals surface area contributed by atoms with Gasteiger partial charge in [0.15, 0.2) is 12.4 Å². The van der Waals surface area contributed by atoms with Crippen LogP contribution in [0.5, 0.6) is 0 Å². The predicted octanol–water partition coefficient (Wildman–Crippen LogP) is -1.85. The van der Waals surface area contributed by atoms with Gasteiger partial charge in [0.2, 0.25) is 0 Å². The molecule has 16 heavy (non-hydrogen) atoms. The van der Waals surface area contributed by atoms with Crippen molar-refractivity contribution in [2.24, 2.45) is 0 Å². The number of carboxylic acids is 1. The monoisotopic (exact) mass is 236 g/mol. The van der Waals surface area contributed by atoms with E-state index in [4.69, 9.17) is 14.9 Å². The van der Waals surface area contributed by atoms with Crippen LogP contribution < -0.4 is 0 Å². The molecule has 0 rings (SSSR count). The molecule has 0 aliphatic rings. The Labute approximate surface area is 92.3 Å². The fourth-order valence-electron chi connectivity index (χ4n) is 1.05. The van der Waals surface area contributed by atoms with E-state index >= 15 is 0 Å². The predicted molar refractivity (Wildman–Crippen MR) is 51.7 cm³/mol. The molecule has 0 heterocycles. The van der Waals surface area contributed by atoms with Crippen molar-refractivity contribution in [3.8, 4) is 0 Å². The fourth-order valence-corrected chi connectivity index (χ4v) is 1.05. The normalized spacial score (nSPS) is 20.6. The Morgan fingerprint density at radius 3 is 2.06 bits per heavy atom. The van der Waals surface area contributed by atoms with Crippen LogP contribution >= 0.6 is 0 Å². The van der Waals surface area contributed by atoms with Crippen LogP contribution in [0.1, 0.15) is 13.8 Å². The summed E-state index contributed by atoms with van der Waals surface area (Å²) in [5.41, 5.74) is 0. The Bertz CT molecular complexity index is 240. The Morgan fingerprint density at radius 2 is 1.75 bits per heavy atom. The van der Waals surface area contributed by atoms with Crippen molar-refractivity contribution < 1.29 is 34.8 Å². The maximum Gasteiger partial charge on any atom is 0.332 e. The third-order valence-electron chi connectivity index (χ3n) is 2.01. The first kappa shape index (κ1) is 15.0. The molecule has 0 aliphatic carbocycles. The van der Waals surface area contributed by atoms with Gasteiger partial charge in [-0.3, -0.25) is 0 Å². The lowest BCUT2D eigenvalue weighted by Crippen LogP contribution is -2.48. The van der Waals surface area contributed by atoms with E-state index in [2.05, 4.69) is 0 Å². The van der Waals surface area contributed by atoms with Gasteiger partial charge in [0, 0.05) is 0 Å². The number of aldehydes is 1. The van der Waals surface area contributed by atoms with Crippen molar-refractivity contribution in [1.82, 2.24) is 0 Å². The molecule has 0 saturated carbocycles. The molecule has 0 radical (unpaired) electrons. The number of carboxylic acid groups (broad SMARTS) is 1. The number of carbonyl (C=O) groups is 2. The van der Waals surface area contributed by atoms with E-state index in [9.17, 15) is 19.8 Å². The lowest BCUT2D eigenvalue weighted by atomic mass is 10.0. The maximum atomic E-state index is 10.5. The minimum absolute atomic E-state index is 0.0782. The van der Waals surface area contributed by atoms with E-state index in [1.165, 1.54) is 13.8 Å². The maximum absolute atomic E-state index is 10.5. The zero-order chi connectivity index (χ0) is 12.9. The van der Waals surface area contributed by atoms with Gasteiger partial charge in [-0.2, -0.15) is 0 Å². The summed E-state index contributed by atoms with van der Waals surface area (Å²) in [6.45, 7) is 2.46. The van der Waals surface area contributed by atoms with Crippen molar-refractivity contribution in [3.63, 3.8) is 0 Å². The summed E-state index contributed by atoms with van der Waals surface area (Å²) in [6, 6.07) is 0. The van der Waals surface area contributed by atoms with Gasteiger partial charge in [-0.25, -0.2) is 4.79 Å². The molecule has 0 aromatic rings. The molecule has 0 aromatic heterocycles. The minimum Gasteiger partial charge on any atom is -0.479 e. The molecule has 0 saturated heterocycles. The zero-order valence-corrected chi connectivity index (χ0v) is 8.98. The summed E-state index contributed by atoms with van der Waals surface area (Å²) >= 11 is 0. The largest absolute Gasteiger partial charge is 0.479 e. The molecule has 0 amide bonds. The van der Waals surface area contributed by atoms with Crippen LogP contribution in [0, 0.1) is 0 Å². The first-order chi connectivity index (χ1) is 7.31. The van der Waals surface area contributed by atoms with Gasteiger partial charge in [0.25, 0.3) is 0 Å². The number of hydrogen-bond acceptors (Lipinski definition) is 6. The van der Waals surface area contributed by atoms with Crippen LogP contribution in [0.15, 0.2) is 0 Å². The standard InChI is InChI=1S/C9H16O7/c1-4(11)8(7(13)6(12)3-10)16-5(2)9(14)15/h3-8,11-13H,1-2H3,(H,14,15)/t4-,5?,6-,7-,8-/m1/s1. The van der Waals surface area contributed by atoms with Gasteiger partial charge in [-0.15, -0.1) is 0 Å². The summed E-state index contributed by atoms with van der Waals surface area (Å²) in [6.07, 6.45) is -7.19. The van der Waals surface area contributed by atoms with Crippen LogP contribution in [-0.4, -0.2) is 63.2 Å². The quantitative estimate of drug-likeness (QED) is 0.382. The second kappa shape index (κ2) is 6.54. The number of aliphatic carboxylic acids is 1. The van der Waals surface area contributed by atoms with Gasteiger partial charge >= 0.3 is 5.97 Å². The van der Waals surface area contributed by atoms with E-state index in [1.54, 1.807) is 0 Å². The molecule has 5 atom stereocenters. The second-order valence-electron chi connectivity index (χ2n) is 3.44. The Kier molecular flexibility index (Phi) is 6.12. The van der Waals surface area contributed by atoms with E-state index < -0.39 is 36.5 Å². The number of rotatable bonds is 7. The molecule has 0 aliphatic heterocycles.